The predicted molar refractivity (Wildman–Crippen MR) is 116 cm³/mol. The molecule has 1 aromatic carbocycles. The molecule has 2 amide bonds. The van der Waals surface area contributed by atoms with E-state index in [2.05, 4.69) is 10.6 Å². The summed E-state index contributed by atoms with van der Waals surface area (Å²) < 4.78 is 0. The Morgan fingerprint density at radius 2 is 1.59 bits per heavy atom. The zero-order valence-electron chi connectivity index (χ0n) is 18.1. The summed E-state index contributed by atoms with van der Waals surface area (Å²) in [6, 6.07) is 6.02. The number of likely N-dealkylation sites (N-methyl/N-ethyl adjacent to an activating group) is 1. The third kappa shape index (κ3) is 4.82. The molecule has 158 valence electrons. The first kappa shape index (κ1) is 20.4. The number of nitrogens with one attached hydrogen (secondary N) is 2. The van der Waals surface area contributed by atoms with Gasteiger partial charge in [-0.1, -0.05) is 12.1 Å². The normalized spacial score (nSPS) is 29.9. The summed E-state index contributed by atoms with van der Waals surface area (Å²) in [5, 5.41) is 6.16. The van der Waals surface area contributed by atoms with Gasteiger partial charge >= 0.3 is 0 Å². The van der Waals surface area contributed by atoms with Crippen LogP contribution in [0.2, 0.25) is 0 Å². The van der Waals surface area contributed by atoms with Crippen molar-refractivity contribution in [2.24, 2.45) is 23.2 Å². The maximum Gasteiger partial charge on any atom is 0.238 e. The number of rotatable bonds is 7. The van der Waals surface area contributed by atoms with Crippen molar-refractivity contribution < 1.29 is 9.59 Å². The Bertz CT molecular complexity index is 753. The highest BCUT2D eigenvalue weighted by atomic mass is 16.2. The first-order valence-electron chi connectivity index (χ1n) is 11.1. The van der Waals surface area contributed by atoms with Crippen LogP contribution in [0, 0.1) is 37.0 Å². The molecule has 0 saturated heterocycles. The third-order valence-electron chi connectivity index (χ3n) is 7.32. The molecule has 4 aliphatic rings. The van der Waals surface area contributed by atoms with Gasteiger partial charge in [-0.05, 0) is 99.8 Å². The molecule has 4 fully saturated rings. The van der Waals surface area contributed by atoms with Crippen LogP contribution in [0.5, 0.6) is 0 Å². The molecule has 0 spiro atoms. The lowest BCUT2D eigenvalue weighted by atomic mass is 9.49. The number of aryl methyl sites for hydroxylation is 2. The van der Waals surface area contributed by atoms with Gasteiger partial charge in [0.25, 0.3) is 0 Å². The summed E-state index contributed by atoms with van der Waals surface area (Å²) >= 11 is 0. The van der Waals surface area contributed by atoms with Crippen LogP contribution in [0.3, 0.4) is 0 Å². The van der Waals surface area contributed by atoms with Gasteiger partial charge < -0.3 is 10.6 Å². The van der Waals surface area contributed by atoms with Crippen LogP contribution in [-0.4, -0.2) is 43.4 Å². The lowest BCUT2D eigenvalue weighted by Gasteiger charge is -2.56. The van der Waals surface area contributed by atoms with Gasteiger partial charge in [0.1, 0.15) is 0 Å². The van der Waals surface area contributed by atoms with E-state index >= 15 is 0 Å². The molecule has 29 heavy (non-hydrogen) atoms. The quantitative estimate of drug-likeness (QED) is 0.740. The van der Waals surface area contributed by atoms with Crippen LogP contribution >= 0.6 is 0 Å². The Hall–Kier alpha value is -1.88. The van der Waals surface area contributed by atoms with Crippen molar-refractivity contribution in [2.75, 3.05) is 32.0 Å². The summed E-state index contributed by atoms with van der Waals surface area (Å²) in [6.45, 7) is 5.27. The number of carbonyl (C=O) groups is 2. The van der Waals surface area contributed by atoms with E-state index in [-0.39, 0.29) is 24.9 Å². The van der Waals surface area contributed by atoms with Crippen LogP contribution in [-0.2, 0) is 9.59 Å². The number of nitrogens with zero attached hydrogens (tertiary/aromatic N) is 1. The van der Waals surface area contributed by atoms with Crippen LogP contribution < -0.4 is 10.6 Å². The second-order valence-corrected chi connectivity index (χ2v) is 10.2. The van der Waals surface area contributed by atoms with Gasteiger partial charge in [0.15, 0.2) is 0 Å². The Balaban J connectivity index is 1.22. The molecule has 0 atom stereocenters. The Morgan fingerprint density at radius 3 is 2.21 bits per heavy atom. The second kappa shape index (κ2) is 8.10. The topological polar surface area (TPSA) is 61.4 Å². The van der Waals surface area contributed by atoms with Crippen LogP contribution in [0.15, 0.2) is 18.2 Å². The van der Waals surface area contributed by atoms with Gasteiger partial charge in [0.05, 0.1) is 13.1 Å². The largest absolute Gasteiger partial charge is 0.354 e. The van der Waals surface area contributed by atoms with Crippen LogP contribution in [0.1, 0.15) is 49.7 Å². The van der Waals surface area contributed by atoms with Gasteiger partial charge in [0.2, 0.25) is 11.8 Å². The summed E-state index contributed by atoms with van der Waals surface area (Å²) in [5.41, 5.74) is 3.35. The SMILES string of the molecule is Cc1ccc(C)c(NC(=O)CN(C)CC(=O)NCC23CC4CC(CC(C4)C2)C3)c1. The van der Waals surface area contributed by atoms with Crippen molar-refractivity contribution in [1.82, 2.24) is 10.2 Å². The molecule has 0 heterocycles. The number of anilines is 1. The minimum absolute atomic E-state index is 0.0304. The number of hydrogen-bond donors (Lipinski definition) is 2. The van der Waals surface area contributed by atoms with E-state index in [1.165, 1.54) is 38.5 Å². The molecule has 0 unspecified atom stereocenters. The van der Waals surface area contributed by atoms with Crippen molar-refractivity contribution in [3.63, 3.8) is 0 Å². The van der Waals surface area contributed by atoms with Crippen molar-refractivity contribution in [3.8, 4) is 0 Å². The Morgan fingerprint density at radius 1 is 1.00 bits per heavy atom. The highest BCUT2D eigenvalue weighted by Crippen LogP contribution is 2.59. The van der Waals surface area contributed by atoms with Gasteiger partial charge in [0, 0.05) is 12.2 Å². The number of benzene rings is 1. The fourth-order valence-electron chi connectivity index (χ4n) is 6.45. The highest BCUT2D eigenvalue weighted by Gasteiger charge is 2.50. The zero-order chi connectivity index (χ0) is 20.6. The molecule has 4 saturated carbocycles. The maximum atomic E-state index is 12.5. The molecule has 0 radical (unpaired) electrons. The summed E-state index contributed by atoms with van der Waals surface area (Å²) in [4.78, 5) is 26.7. The van der Waals surface area contributed by atoms with Gasteiger partial charge in [-0.3, -0.25) is 14.5 Å². The van der Waals surface area contributed by atoms with E-state index in [1.54, 1.807) is 4.90 Å². The third-order valence-corrected chi connectivity index (χ3v) is 7.32. The lowest BCUT2D eigenvalue weighted by Crippen LogP contribution is -2.52. The molecular weight excluding hydrogens is 362 g/mol. The molecule has 2 N–H and O–H groups in total. The van der Waals surface area contributed by atoms with Gasteiger partial charge in [-0.25, -0.2) is 0 Å². The average Bonchev–Trinajstić information content (AvgIpc) is 2.62. The molecule has 1 aromatic rings. The fourth-order valence-corrected chi connectivity index (χ4v) is 6.45. The predicted octanol–water partition coefficient (Wildman–Crippen LogP) is 3.51. The molecule has 5 heteroatoms. The fraction of sp³-hybridized carbons (Fsp3) is 0.667. The van der Waals surface area contributed by atoms with E-state index in [1.807, 2.05) is 39.1 Å². The van der Waals surface area contributed by atoms with Gasteiger partial charge in [-0.2, -0.15) is 0 Å². The summed E-state index contributed by atoms with van der Waals surface area (Å²) in [7, 11) is 1.83. The van der Waals surface area contributed by atoms with E-state index < -0.39 is 0 Å². The minimum Gasteiger partial charge on any atom is -0.354 e. The van der Waals surface area contributed by atoms with Crippen molar-refractivity contribution in [2.45, 2.75) is 52.4 Å². The monoisotopic (exact) mass is 397 g/mol. The van der Waals surface area contributed by atoms with Crippen molar-refractivity contribution in [3.05, 3.63) is 29.3 Å². The van der Waals surface area contributed by atoms with E-state index in [0.29, 0.717) is 5.41 Å². The summed E-state index contributed by atoms with van der Waals surface area (Å²) in [6.07, 6.45) is 8.16. The number of carbonyl (C=O) groups excluding carboxylic acids is 2. The Kier molecular flexibility index (Phi) is 5.69. The summed E-state index contributed by atoms with van der Waals surface area (Å²) in [5.74, 6) is 2.64. The van der Waals surface area contributed by atoms with Crippen LogP contribution in [0.25, 0.3) is 0 Å². The Labute approximate surface area is 174 Å². The lowest BCUT2D eigenvalue weighted by molar-refractivity contribution is -0.124. The van der Waals surface area contributed by atoms with Crippen LogP contribution in [0.4, 0.5) is 5.69 Å². The molecule has 5 nitrogen and oxygen atoms in total. The van der Waals surface area contributed by atoms with E-state index in [0.717, 1.165) is 41.1 Å². The molecule has 4 bridgehead atoms. The first-order valence-corrected chi connectivity index (χ1v) is 11.1. The molecule has 4 aliphatic carbocycles. The standard InChI is InChI=1S/C24H35N3O2/c1-16-4-5-17(2)21(6-16)26-23(29)14-27(3)13-22(28)25-15-24-10-18-7-19(11-24)9-20(8-18)12-24/h4-6,18-20H,7-15H2,1-3H3,(H,25,28)(H,26,29). The van der Waals surface area contributed by atoms with Crippen molar-refractivity contribution in [1.29, 1.82) is 0 Å². The second-order valence-electron chi connectivity index (χ2n) is 10.2. The maximum absolute atomic E-state index is 12.5. The number of amides is 2. The van der Waals surface area contributed by atoms with E-state index in [9.17, 15) is 9.59 Å². The van der Waals surface area contributed by atoms with E-state index in [4.69, 9.17) is 0 Å². The molecule has 0 aliphatic heterocycles. The zero-order valence-corrected chi connectivity index (χ0v) is 18.1. The number of hydrogen-bond acceptors (Lipinski definition) is 3. The first-order chi connectivity index (χ1) is 13.8. The van der Waals surface area contributed by atoms with Crippen molar-refractivity contribution >= 4 is 17.5 Å². The smallest absolute Gasteiger partial charge is 0.238 e. The minimum atomic E-state index is -0.0879. The highest BCUT2D eigenvalue weighted by molar-refractivity contribution is 5.93. The molecular formula is C24H35N3O2. The average molecular weight is 398 g/mol. The molecule has 0 aromatic heterocycles. The molecule has 5 rings (SSSR count). The van der Waals surface area contributed by atoms with Gasteiger partial charge in [-0.15, -0.1) is 0 Å².